The molecule has 1 aliphatic heterocycles. The molecular formula is C16H11FN2O2. The highest BCUT2D eigenvalue weighted by molar-refractivity contribution is 5.83. The summed E-state index contributed by atoms with van der Waals surface area (Å²) in [6.07, 6.45) is 5.97. The largest absolute Gasteiger partial charge is 0.426 e. The fourth-order valence-electron chi connectivity index (χ4n) is 2.68. The van der Waals surface area contributed by atoms with Gasteiger partial charge in [-0.2, -0.15) is 0 Å². The minimum Gasteiger partial charge on any atom is -0.426 e. The van der Waals surface area contributed by atoms with Gasteiger partial charge in [0.05, 0.1) is 5.92 Å². The van der Waals surface area contributed by atoms with E-state index in [1.54, 1.807) is 12.3 Å². The lowest BCUT2D eigenvalue weighted by Gasteiger charge is -2.22. The summed E-state index contributed by atoms with van der Waals surface area (Å²) in [5.74, 6) is -0.828. The van der Waals surface area contributed by atoms with Crippen LogP contribution in [0.15, 0.2) is 48.9 Å². The van der Waals surface area contributed by atoms with E-state index in [9.17, 15) is 9.18 Å². The molecule has 2 aromatic heterocycles. The first kappa shape index (κ1) is 12.1. The van der Waals surface area contributed by atoms with Crippen LogP contribution in [0.1, 0.15) is 17.0 Å². The molecule has 0 bridgehead atoms. The van der Waals surface area contributed by atoms with Gasteiger partial charge < -0.3 is 9.14 Å². The third-order valence-electron chi connectivity index (χ3n) is 3.74. The summed E-state index contributed by atoms with van der Waals surface area (Å²) < 4.78 is 20.3. The number of rotatable bonds is 1. The van der Waals surface area contributed by atoms with Crippen molar-refractivity contribution >= 4 is 11.6 Å². The van der Waals surface area contributed by atoms with Crippen molar-refractivity contribution in [3.05, 3.63) is 65.9 Å². The van der Waals surface area contributed by atoms with Gasteiger partial charge in [0.15, 0.2) is 0 Å². The van der Waals surface area contributed by atoms with Crippen molar-refractivity contribution in [3.8, 4) is 5.75 Å². The first-order valence-electron chi connectivity index (χ1n) is 6.63. The minimum absolute atomic E-state index is 0.318. The van der Waals surface area contributed by atoms with Gasteiger partial charge in [0.2, 0.25) is 0 Å². The number of aromatic nitrogens is 2. The third-order valence-corrected chi connectivity index (χ3v) is 3.74. The summed E-state index contributed by atoms with van der Waals surface area (Å²) in [7, 11) is 0. The standard InChI is InChI=1S/C16H11FN2O2/c17-12-3-2-10-6-13(16(20)21-14(10)8-12)11-7-15-18-4-1-5-19(15)9-11/h1-5,7-9,13H,6H2. The smallest absolute Gasteiger partial charge is 0.319 e. The molecule has 0 amide bonds. The molecule has 1 aliphatic rings. The van der Waals surface area contributed by atoms with Gasteiger partial charge >= 0.3 is 5.97 Å². The fourth-order valence-corrected chi connectivity index (χ4v) is 2.68. The lowest BCUT2D eigenvalue weighted by Crippen LogP contribution is -2.25. The Morgan fingerprint density at radius 2 is 2.24 bits per heavy atom. The van der Waals surface area contributed by atoms with Crippen LogP contribution in [0, 0.1) is 5.82 Å². The average Bonchev–Trinajstić information content (AvgIpc) is 2.90. The predicted molar refractivity (Wildman–Crippen MR) is 73.7 cm³/mol. The van der Waals surface area contributed by atoms with Crippen LogP contribution in [0.2, 0.25) is 0 Å². The normalized spacial score (nSPS) is 17.6. The zero-order valence-electron chi connectivity index (χ0n) is 11.0. The van der Waals surface area contributed by atoms with Crippen LogP contribution in [0.25, 0.3) is 5.65 Å². The number of ether oxygens (including phenoxy) is 1. The lowest BCUT2D eigenvalue weighted by atomic mass is 9.91. The quantitative estimate of drug-likeness (QED) is 0.509. The number of hydrogen-bond acceptors (Lipinski definition) is 3. The molecule has 104 valence electrons. The fraction of sp³-hybridized carbons (Fsp3) is 0.125. The highest BCUT2D eigenvalue weighted by Crippen LogP contribution is 2.34. The SMILES string of the molecule is O=C1Oc2cc(F)ccc2CC1c1cc2ncccn2c1. The molecule has 3 heterocycles. The summed E-state index contributed by atoms with van der Waals surface area (Å²) in [5, 5.41) is 0. The number of carbonyl (C=O) groups is 1. The van der Waals surface area contributed by atoms with E-state index in [-0.39, 0.29) is 11.9 Å². The van der Waals surface area contributed by atoms with E-state index in [1.165, 1.54) is 12.1 Å². The first-order chi connectivity index (χ1) is 10.2. The number of nitrogens with zero attached hydrogens (tertiary/aromatic N) is 2. The maximum atomic E-state index is 13.2. The van der Waals surface area contributed by atoms with Gasteiger partial charge in [0.1, 0.15) is 17.2 Å². The molecule has 0 fully saturated rings. The second kappa shape index (κ2) is 4.41. The van der Waals surface area contributed by atoms with Gasteiger partial charge in [-0.1, -0.05) is 6.07 Å². The molecule has 0 spiro atoms. The second-order valence-electron chi connectivity index (χ2n) is 5.09. The number of hydrogen-bond donors (Lipinski definition) is 0. The summed E-state index contributed by atoms with van der Waals surface area (Å²) in [6, 6.07) is 8.00. The number of benzene rings is 1. The molecule has 3 aromatic rings. The lowest BCUT2D eigenvalue weighted by molar-refractivity contribution is -0.137. The van der Waals surface area contributed by atoms with Crippen molar-refractivity contribution < 1.29 is 13.9 Å². The van der Waals surface area contributed by atoms with Crippen LogP contribution in [-0.4, -0.2) is 15.4 Å². The topological polar surface area (TPSA) is 43.6 Å². The number of carbonyl (C=O) groups excluding carboxylic acids is 1. The zero-order valence-corrected chi connectivity index (χ0v) is 11.0. The Kier molecular flexibility index (Phi) is 2.54. The molecule has 1 aromatic carbocycles. The molecular weight excluding hydrogens is 271 g/mol. The van der Waals surface area contributed by atoms with Crippen molar-refractivity contribution in [3.63, 3.8) is 0 Å². The highest BCUT2D eigenvalue weighted by Gasteiger charge is 2.30. The van der Waals surface area contributed by atoms with Crippen LogP contribution in [-0.2, 0) is 11.2 Å². The van der Waals surface area contributed by atoms with E-state index in [2.05, 4.69) is 4.98 Å². The van der Waals surface area contributed by atoms with E-state index in [4.69, 9.17) is 4.74 Å². The molecule has 0 N–H and O–H groups in total. The zero-order chi connectivity index (χ0) is 14.4. The minimum atomic E-state index is -0.404. The van der Waals surface area contributed by atoms with Crippen LogP contribution in [0.3, 0.4) is 0 Å². The molecule has 4 rings (SSSR count). The Hall–Kier alpha value is -2.69. The maximum Gasteiger partial charge on any atom is 0.319 e. The van der Waals surface area contributed by atoms with Crippen LogP contribution >= 0.6 is 0 Å². The van der Waals surface area contributed by atoms with Crippen LogP contribution in [0.4, 0.5) is 4.39 Å². The van der Waals surface area contributed by atoms with Gasteiger partial charge in [0, 0.05) is 24.7 Å². The summed E-state index contributed by atoms with van der Waals surface area (Å²) in [4.78, 5) is 16.4. The van der Waals surface area contributed by atoms with Gasteiger partial charge in [-0.15, -0.1) is 0 Å². The van der Waals surface area contributed by atoms with Gasteiger partial charge in [-0.3, -0.25) is 4.79 Å². The van der Waals surface area contributed by atoms with Crippen molar-refractivity contribution in [2.45, 2.75) is 12.3 Å². The number of halogens is 1. The molecule has 0 radical (unpaired) electrons. The van der Waals surface area contributed by atoms with Crippen LogP contribution < -0.4 is 4.74 Å². The molecule has 4 nitrogen and oxygen atoms in total. The molecule has 1 unspecified atom stereocenters. The molecule has 5 heteroatoms. The van der Waals surface area contributed by atoms with E-state index in [0.29, 0.717) is 12.2 Å². The monoisotopic (exact) mass is 282 g/mol. The van der Waals surface area contributed by atoms with Crippen molar-refractivity contribution in [2.24, 2.45) is 0 Å². The van der Waals surface area contributed by atoms with E-state index in [0.717, 1.165) is 16.8 Å². The summed E-state index contributed by atoms with van der Waals surface area (Å²) >= 11 is 0. The molecule has 21 heavy (non-hydrogen) atoms. The summed E-state index contributed by atoms with van der Waals surface area (Å²) in [5.41, 5.74) is 2.48. The van der Waals surface area contributed by atoms with Crippen molar-refractivity contribution in [2.75, 3.05) is 0 Å². The third kappa shape index (κ3) is 1.98. The molecule has 0 saturated carbocycles. The molecule has 0 aliphatic carbocycles. The van der Waals surface area contributed by atoms with Crippen molar-refractivity contribution in [1.82, 2.24) is 9.38 Å². The van der Waals surface area contributed by atoms with Gasteiger partial charge in [0.25, 0.3) is 0 Å². The number of esters is 1. The van der Waals surface area contributed by atoms with E-state index >= 15 is 0 Å². The first-order valence-corrected chi connectivity index (χ1v) is 6.63. The Balaban J connectivity index is 1.75. The Labute approximate surface area is 119 Å². The second-order valence-corrected chi connectivity index (χ2v) is 5.09. The highest BCUT2D eigenvalue weighted by atomic mass is 19.1. The van der Waals surface area contributed by atoms with E-state index in [1.807, 2.05) is 28.9 Å². The average molecular weight is 282 g/mol. The van der Waals surface area contributed by atoms with Gasteiger partial charge in [-0.25, -0.2) is 9.37 Å². The Bertz CT molecular complexity index is 823. The predicted octanol–water partition coefficient (Wildman–Crippen LogP) is 2.72. The van der Waals surface area contributed by atoms with E-state index < -0.39 is 5.82 Å². The van der Waals surface area contributed by atoms with Crippen LogP contribution in [0.5, 0.6) is 5.75 Å². The maximum absolute atomic E-state index is 13.2. The van der Waals surface area contributed by atoms with Gasteiger partial charge in [-0.05, 0) is 35.7 Å². The number of fused-ring (bicyclic) bond motifs is 2. The summed E-state index contributed by atoms with van der Waals surface area (Å²) in [6.45, 7) is 0. The molecule has 0 saturated heterocycles. The Morgan fingerprint density at radius 3 is 3.10 bits per heavy atom. The Morgan fingerprint density at radius 1 is 1.33 bits per heavy atom. The van der Waals surface area contributed by atoms with Crippen molar-refractivity contribution in [1.29, 1.82) is 0 Å². The molecule has 1 atom stereocenters.